The monoisotopic (exact) mass is 374 g/mol. The number of hydrogen-bond donors (Lipinski definition) is 1. The molecule has 6 heteroatoms. The summed E-state index contributed by atoms with van der Waals surface area (Å²) in [4.78, 5) is 16.7. The standard InChI is InChI=1S/C21H30N2O4/c24-20-15-23(10-12-27-20)21(25)16-5-7-19(8-6-16)26-11-2-9-22-13-17-3-1-4-18(17)14-22/h5-8,17-18,20,24H,1-4,9-15H2. The molecular formula is C21H30N2O4. The van der Waals surface area contributed by atoms with Crippen molar-refractivity contribution in [3.05, 3.63) is 29.8 Å². The Kier molecular flexibility index (Phi) is 5.95. The molecule has 1 amide bonds. The van der Waals surface area contributed by atoms with Gasteiger partial charge in [0.2, 0.25) is 0 Å². The third-order valence-corrected chi connectivity index (χ3v) is 6.13. The van der Waals surface area contributed by atoms with E-state index >= 15 is 0 Å². The maximum Gasteiger partial charge on any atom is 0.254 e. The summed E-state index contributed by atoms with van der Waals surface area (Å²) in [6.07, 6.45) is 4.42. The third kappa shape index (κ3) is 4.62. The van der Waals surface area contributed by atoms with Crippen molar-refractivity contribution in [1.82, 2.24) is 9.80 Å². The van der Waals surface area contributed by atoms with Gasteiger partial charge in [0, 0.05) is 31.7 Å². The molecule has 2 saturated heterocycles. The average Bonchev–Trinajstić information content (AvgIpc) is 3.27. The normalized spacial score (nSPS) is 28.3. The van der Waals surface area contributed by atoms with Crippen molar-refractivity contribution in [2.75, 3.05) is 45.9 Å². The molecule has 1 aliphatic carbocycles. The number of hydrogen-bond acceptors (Lipinski definition) is 5. The lowest BCUT2D eigenvalue weighted by molar-refractivity contribution is -0.137. The fourth-order valence-corrected chi connectivity index (χ4v) is 4.69. The molecule has 3 unspecified atom stereocenters. The molecule has 0 spiro atoms. The summed E-state index contributed by atoms with van der Waals surface area (Å²) < 4.78 is 10.9. The number of morpholine rings is 1. The zero-order valence-electron chi connectivity index (χ0n) is 15.9. The predicted octanol–water partition coefficient (Wildman–Crippen LogP) is 1.98. The number of amides is 1. The molecule has 0 radical (unpaired) electrons. The first-order chi connectivity index (χ1) is 13.2. The van der Waals surface area contributed by atoms with Crippen LogP contribution >= 0.6 is 0 Å². The van der Waals surface area contributed by atoms with Crippen LogP contribution in [0.4, 0.5) is 0 Å². The van der Waals surface area contributed by atoms with Gasteiger partial charge in [-0.05, 0) is 55.4 Å². The van der Waals surface area contributed by atoms with Crippen molar-refractivity contribution >= 4 is 5.91 Å². The summed E-state index contributed by atoms with van der Waals surface area (Å²) in [6, 6.07) is 7.29. The van der Waals surface area contributed by atoms with Crippen LogP contribution in [-0.2, 0) is 4.74 Å². The van der Waals surface area contributed by atoms with Crippen LogP contribution in [0.3, 0.4) is 0 Å². The van der Waals surface area contributed by atoms with E-state index in [1.165, 1.54) is 32.4 Å². The van der Waals surface area contributed by atoms with Crippen LogP contribution in [0, 0.1) is 11.8 Å². The number of ether oxygens (including phenoxy) is 2. The summed E-state index contributed by atoms with van der Waals surface area (Å²) in [5.41, 5.74) is 0.611. The van der Waals surface area contributed by atoms with E-state index in [2.05, 4.69) is 4.90 Å². The van der Waals surface area contributed by atoms with E-state index in [4.69, 9.17) is 9.47 Å². The van der Waals surface area contributed by atoms with Gasteiger partial charge in [0.1, 0.15) is 5.75 Å². The van der Waals surface area contributed by atoms with E-state index in [9.17, 15) is 9.90 Å². The largest absolute Gasteiger partial charge is 0.494 e. The summed E-state index contributed by atoms with van der Waals surface area (Å²) in [6.45, 7) is 5.46. The third-order valence-electron chi connectivity index (χ3n) is 6.13. The van der Waals surface area contributed by atoms with Crippen molar-refractivity contribution < 1.29 is 19.4 Å². The predicted molar refractivity (Wildman–Crippen MR) is 102 cm³/mol. The molecule has 3 atom stereocenters. The lowest BCUT2D eigenvalue weighted by atomic mass is 10.0. The van der Waals surface area contributed by atoms with Crippen molar-refractivity contribution in [2.45, 2.75) is 32.0 Å². The SMILES string of the molecule is O=C(c1ccc(OCCCN2CC3CCCC3C2)cc1)N1CCOC(O)C1. The smallest absolute Gasteiger partial charge is 0.254 e. The molecule has 0 bridgehead atoms. The Hall–Kier alpha value is -1.63. The van der Waals surface area contributed by atoms with Crippen LogP contribution in [0.5, 0.6) is 5.75 Å². The number of rotatable bonds is 6. The van der Waals surface area contributed by atoms with E-state index in [1.807, 2.05) is 12.1 Å². The second-order valence-electron chi connectivity index (χ2n) is 8.01. The number of fused-ring (bicyclic) bond motifs is 1. The van der Waals surface area contributed by atoms with E-state index in [0.717, 1.165) is 30.6 Å². The summed E-state index contributed by atoms with van der Waals surface area (Å²) in [5.74, 6) is 2.61. The highest BCUT2D eigenvalue weighted by atomic mass is 16.6. The topological polar surface area (TPSA) is 62.2 Å². The van der Waals surface area contributed by atoms with Gasteiger partial charge in [-0.2, -0.15) is 0 Å². The van der Waals surface area contributed by atoms with Crippen LogP contribution < -0.4 is 4.74 Å². The minimum Gasteiger partial charge on any atom is -0.494 e. The maximum atomic E-state index is 12.5. The number of aliphatic hydroxyl groups excluding tert-OH is 1. The highest BCUT2D eigenvalue weighted by molar-refractivity contribution is 5.94. The Morgan fingerprint density at radius 2 is 1.89 bits per heavy atom. The van der Waals surface area contributed by atoms with Crippen LogP contribution in [0.2, 0.25) is 0 Å². The highest BCUT2D eigenvalue weighted by Gasteiger charge is 2.35. The molecule has 3 aliphatic rings. The van der Waals surface area contributed by atoms with Gasteiger partial charge in [0.05, 0.1) is 19.8 Å². The quantitative estimate of drug-likeness (QED) is 0.772. The molecule has 1 aromatic rings. The van der Waals surface area contributed by atoms with Crippen molar-refractivity contribution in [3.63, 3.8) is 0 Å². The number of likely N-dealkylation sites (tertiary alicyclic amines) is 1. The lowest BCUT2D eigenvalue weighted by Crippen LogP contribution is -2.45. The molecule has 1 saturated carbocycles. The fourth-order valence-electron chi connectivity index (χ4n) is 4.69. The fraction of sp³-hybridized carbons (Fsp3) is 0.667. The number of aliphatic hydroxyl groups is 1. The van der Waals surface area contributed by atoms with E-state index < -0.39 is 6.29 Å². The van der Waals surface area contributed by atoms with Crippen LogP contribution in [-0.4, -0.2) is 73.0 Å². The number of nitrogens with zero attached hydrogens (tertiary/aromatic N) is 2. The van der Waals surface area contributed by atoms with Crippen molar-refractivity contribution in [1.29, 1.82) is 0 Å². The Balaban J connectivity index is 1.18. The van der Waals surface area contributed by atoms with Crippen LogP contribution in [0.1, 0.15) is 36.0 Å². The number of β-amino-alcohol motifs (C(OH)–C–C–N with tert-alkyl or cyclic N) is 1. The van der Waals surface area contributed by atoms with Crippen molar-refractivity contribution in [3.8, 4) is 5.75 Å². The van der Waals surface area contributed by atoms with E-state index in [1.54, 1.807) is 17.0 Å². The van der Waals surface area contributed by atoms with Crippen LogP contribution in [0.15, 0.2) is 24.3 Å². The summed E-state index contributed by atoms with van der Waals surface area (Å²) >= 11 is 0. The Bertz CT molecular complexity index is 624. The summed E-state index contributed by atoms with van der Waals surface area (Å²) in [5, 5.41) is 9.53. The molecule has 148 valence electrons. The molecule has 27 heavy (non-hydrogen) atoms. The number of carbonyl (C=O) groups excluding carboxylic acids is 1. The zero-order chi connectivity index (χ0) is 18.6. The van der Waals surface area contributed by atoms with Gasteiger partial charge in [-0.3, -0.25) is 4.79 Å². The van der Waals surface area contributed by atoms with Gasteiger partial charge < -0.3 is 24.4 Å². The first-order valence-corrected chi connectivity index (χ1v) is 10.2. The molecule has 3 fully saturated rings. The highest BCUT2D eigenvalue weighted by Crippen LogP contribution is 2.37. The number of benzene rings is 1. The van der Waals surface area contributed by atoms with Gasteiger partial charge in [0.25, 0.3) is 5.91 Å². The lowest BCUT2D eigenvalue weighted by Gasteiger charge is -2.30. The maximum absolute atomic E-state index is 12.5. The molecule has 1 aromatic carbocycles. The molecule has 2 heterocycles. The van der Waals surface area contributed by atoms with Gasteiger partial charge in [0.15, 0.2) is 6.29 Å². The van der Waals surface area contributed by atoms with Gasteiger partial charge in [-0.1, -0.05) is 6.42 Å². The first-order valence-electron chi connectivity index (χ1n) is 10.2. The molecule has 6 nitrogen and oxygen atoms in total. The molecule has 2 aliphatic heterocycles. The minimum absolute atomic E-state index is 0.0801. The number of carbonyl (C=O) groups is 1. The van der Waals surface area contributed by atoms with Gasteiger partial charge in [-0.15, -0.1) is 0 Å². The second kappa shape index (κ2) is 8.59. The Morgan fingerprint density at radius 3 is 2.59 bits per heavy atom. The Morgan fingerprint density at radius 1 is 1.15 bits per heavy atom. The summed E-state index contributed by atoms with van der Waals surface area (Å²) in [7, 11) is 0. The first kappa shape index (κ1) is 18.7. The molecule has 0 aromatic heterocycles. The molecular weight excluding hydrogens is 344 g/mol. The van der Waals surface area contributed by atoms with E-state index in [0.29, 0.717) is 25.3 Å². The van der Waals surface area contributed by atoms with Crippen LogP contribution in [0.25, 0.3) is 0 Å². The second-order valence-corrected chi connectivity index (χ2v) is 8.01. The molecule has 1 N–H and O–H groups in total. The zero-order valence-corrected chi connectivity index (χ0v) is 15.9. The van der Waals surface area contributed by atoms with Crippen molar-refractivity contribution in [2.24, 2.45) is 11.8 Å². The van der Waals surface area contributed by atoms with Gasteiger partial charge >= 0.3 is 0 Å². The van der Waals surface area contributed by atoms with Gasteiger partial charge in [-0.25, -0.2) is 0 Å². The molecule has 4 rings (SSSR count). The Labute approximate surface area is 161 Å². The van der Waals surface area contributed by atoms with E-state index in [-0.39, 0.29) is 12.5 Å². The minimum atomic E-state index is -0.888. The average molecular weight is 374 g/mol.